The van der Waals surface area contributed by atoms with Crippen LogP contribution >= 0.6 is 0 Å². The number of rotatable bonds is 3. The third-order valence-electron chi connectivity index (χ3n) is 3.53. The molecule has 0 fully saturated rings. The van der Waals surface area contributed by atoms with Crippen LogP contribution < -0.4 is 5.32 Å². The van der Waals surface area contributed by atoms with Crippen LogP contribution in [0.3, 0.4) is 0 Å². The number of nitrogens with zero attached hydrogens (tertiary/aromatic N) is 7. The molecule has 0 aliphatic rings. The summed E-state index contributed by atoms with van der Waals surface area (Å²) in [6, 6.07) is 8.70. The van der Waals surface area contributed by atoms with Crippen LogP contribution in [0.2, 0.25) is 0 Å². The number of pyridine rings is 2. The van der Waals surface area contributed by atoms with E-state index in [9.17, 15) is 4.79 Å². The molecule has 0 saturated heterocycles. The standard InChI is InChI=1S/C14H12N8O/c1-9(13-18-16-11-4-2-3-7-21(11)13)15-14(23)10-5-6-12-17-19-20-22(12)8-10/h2-9H,1H3,(H,15,23)/t9-/m0/s1. The summed E-state index contributed by atoms with van der Waals surface area (Å²) in [6.07, 6.45) is 3.44. The molecule has 4 heterocycles. The average molecular weight is 308 g/mol. The summed E-state index contributed by atoms with van der Waals surface area (Å²) in [4.78, 5) is 12.4. The average Bonchev–Trinajstić information content (AvgIpc) is 3.20. The van der Waals surface area contributed by atoms with E-state index in [1.165, 1.54) is 4.52 Å². The number of aromatic nitrogens is 7. The van der Waals surface area contributed by atoms with E-state index >= 15 is 0 Å². The molecule has 1 atom stereocenters. The summed E-state index contributed by atoms with van der Waals surface area (Å²) < 4.78 is 3.29. The third-order valence-corrected chi connectivity index (χ3v) is 3.53. The molecule has 4 aromatic rings. The Morgan fingerprint density at radius 1 is 1.13 bits per heavy atom. The van der Waals surface area contributed by atoms with Gasteiger partial charge in [0.1, 0.15) is 0 Å². The van der Waals surface area contributed by atoms with Gasteiger partial charge in [-0.1, -0.05) is 6.07 Å². The Bertz CT molecular complexity index is 1000. The van der Waals surface area contributed by atoms with Gasteiger partial charge in [0.2, 0.25) is 0 Å². The van der Waals surface area contributed by atoms with Crippen LogP contribution in [0, 0.1) is 0 Å². The van der Waals surface area contributed by atoms with Gasteiger partial charge in [-0.15, -0.1) is 15.3 Å². The maximum absolute atomic E-state index is 12.4. The minimum absolute atomic E-state index is 0.234. The Morgan fingerprint density at radius 2 is 2.04 bits per heavy atom. The lowest BCUT2D eigenvalue weighted by Gasteiger charge is -2.12. The molecule has 0 radical (unpaired) electrons. The molecule has 0 saturated carbocycles. The minimum atomic E-state index is -0.301. The van der Waals surface area contributed by atoms with Crippen molar-refractivity contribution in [2.24, 2.45) is 0 Å². The van der Waals surface area contributed by atoms with Gasteiger partial charge in [0.15, 0.2) is 17.1 Å². The second-order valence-corrected chi connectivity index (χ2v) is 5.08. The number of hydrogen-bond acceptors (Lipinski definition) is 6. The summed E-state index contributed by atoms with van der Waals surface area (Å²) in [6.45, 7) is 1.86. The quantitative estimate of drug-likeness (QED) is 0.596. The van der Waals surface area contributed by atoms with Crippen molar-refractivity contribution in [1.29, 1.82) is 0 Å². The Hall–Kier alpha value is -3.36. The van der Waals surface area contributed by atoms with E-state index < -0.39 is 0 Å². The first-order valence-corrected chi connectivity index (χ1v) is 7.00. The topological polar surface area (TPSA) is 102 Å². The zero-order chi connectivity index (χ0) is 15.8. The molecule has 114 valence electrons. The van der Waals surface area contributed by atoms with Gasteiger partial charge in [0.05, 0.1) is 11.6 Å². The number of carbonyl (C=O) groups excluding carboxylic acids is 1. The lowest BCUT2D eigenvalue weighted by molar-refractivity contribution is 0.0937. The monoisotopic (exact) mass is 308 g/mol. The zero-order valence-corrected chi connectivity index (χ0v) is 12.2. The van der Waals surface area contributed by atoms with Crippen molar-refractivity contribution in [1.82, 2.24) is 40.0 Å². The molecule has 1 amide bonds. The fourth-order valence-electron chi connectivity index (χ4n) is 2.38. The van der Waals surface area contributed by atoms with Crippen LogP contribution in [0.4, 0.5) is 0 Å². The first-order chi connectivity index (χ1) is 11.2. The number of hydrogen-bond donors (Lipinski definition) is 1. The highest BCUT2D eigenvalue weighted by atomic mass is 16.1. The first kappa shape index (κ1) is 13.3. The predicted octanol–water partition coefficient (Wildman–Crippen LogP) is 0.658. The first-order valence-electron chi connectivity index (χ1n) is 7.00. The van der Waals surface area contributed by atoms with Crippen molar-refractivity contribution < 1.29 is 4.79 Å². The Morgan fingerprint density at radius 3 is 2.96 bits per heavy atom. The van der Waals surface area contributed by atoms with Gasteiger partial charge in [-0.2, -0.15) is 4.52 Å². The van der Waals surface area contributed by atoms with Crippen molar-refractivity contribution in [2.45, 2.75) is 13.0 Å². The molecule has 4 rings (SSSR count). The highest BCUT2D eigenvalue weighted by Gasteiger charge is 2.17. The van der Waals surface area contributed by atoms with Crippen molar-refractivity contribution >= 4 is 17.2 Å². The van der Waals surface area contributed by atoms with Crippen molar-refractivity contribution in [3.05, 3.63) is 54.1 Å². The molecule has 4 aromatic heterocycles. The maximum atomic E-state index is 12.4. The molecule has 1 N–H and O–H groups in total. The summed E-state index contributed by atoms with van der Waals surface area (Å²) in [5.74, 6) is 0.431. The van der Waals surface area contributed by atoms with Crippen LogP contribution in [-0.2, 0) is 0 Å². The summed E-state index contributed by atoms with van der Waals surface area (Å²) in [5, 5.41) is 22.3. The van der Waals surface area contributed by atoms with Crippen molar-refractivity contribution in [2.75, 3.05) is 0 Å². The molecule has 0 aliphatic heterocycles. The van der Waals surface area contributed by atoms with Crippen LogP contribution in [0.5, 0.6) is 0 Å². The molecule has 0 unspecified atom stereocenters. The molecule has 9 heteroatoms. The highest BCUT2D eigenvalue weighted by Crippen LogP contribution is 2.13. The SMILES string of the molecule is C[C@H](NC(=O)c1ccc2nnnn2c1)c1nnc2ccccn12. The maximum Gasteiger partial charge on any atom is 0.253 e. The summed E-state index contributed by atoms with van der Waals surface area (Å²) >= 11 is 0. The van der Waals surface area contributed by atoms with Crippen molar-refractivity contribution in [3.8, 4) is 0 Å². The molecule has 0 aromatic carbocycles. The number of carbonyl (C=O) groups is 1. The van der Waals surface area contributed by atoms with Gasteiger partial charge in [0, 0.05) is 12.4 Å². The number of amides is 1. The summed E-state index contributed by atoms with van der Waals surface area (Å²) in [5.41, 5.74) is 1.78. The lowest BCUT2D eigenvalue weighted by Crippen LogP contribution is -2.28. The van der Waals surface area contributed by atoms with E-state index in [2.05, 4.69) is 31.0 Å². The highest BCUT2D eigenvalue weighted by molar-refractivity contribution is 5.94. The Kier molecular flexibility index (Phi) is 2.97. The number of nitrogens with one attached hydrogen (secondary N) is 1. The largest absolute Gasteiger partial charge is 0.342 e. The van der Waals surface area contributed by atoms with E-state index in [1.54, 1.807) is 18.3 Å². The van der Waals surface area contributed by atoms with E-state index in [-0.39, 0.29) is 11.9 Å². The number of tetrazole rings is 1. The van der Waals surface area contributed by atoms with Gasteiger partial charge < -0.3 is 5.32 Å². The van der Waals surface area contributed by atoms with Gasteiger partial charge >= 0.3 is 0 Å². The van der Waals surface area contributed by atoms with E-state index in [0.717, 1.165) is 5.65 Å². The molecule has 0 aliphatic carbocycles. The summed E-state index contributed by atoms with van der Waals surface area (Å²) in [7, 11) is 0. The molecular formula is C14H12N8O. The molecule has 23 heavy (non-hydrogen) atoms. The van der Waals surface area contributed by atoms with Crippen LogP contribution in [0.15, 0.2) is 42.7 Å². The smallest absolute Gasteiger partial charge is 0.253 e. The third kappa shape index (κ3) is 2.27. The lowest BCUT2D eigenvalue weighted by atomic mass is 10.2. The second-order valence-electron chi connectivity index (χ2n) is 5.08. The van der Waals surface area contributed by atoms with Gasteiger partial charge in [0.25, 0.3) is 5.91 Å². The minimum Gasteiger partial charge on any atom is -0.342 e. The fraction of sp³-hybridized carbons (Fsp3) is 0.143. The van der Waals surface area contributed by atoms with Gasteiger partial charge in [-0.25, -0.2) is 0 Å². The van der Waals surface area contributed by atoms with E-state index in [1.807, 2.05) is 35.7 Å². The number of fused-ring (bicyclic) bond motifs is 2. The normalized spacial score (nSPS) is 12.6. The van der Waals surface area contributed by atoms with Crippen LogP contribution in [-0.4, -0.2) is 40.5 Å². The van der Waals surface area contributed by atoms with Gasteiger partial charge in [-0.3, -0.25) is 9.20 Å². The van der Waals surface area contributed by atoms with E-state index in [0.29, 0.717) is 17.0 Å². The zero-order valence-electron chi connectivity index (χ0n) is 12.2. The van der Waals surface area contributed by atoms with Gasteiger partial charge in [-0.05, 0) is 41.6 Å². The molecule has 0 bridgehead atoms. The Balaban J connectivity index is 1.60. The predicted molar refractivity (Wildman–Crippen MR) is 79.7 cm³/mol. The second kappa shape index (κ2) is 5.13. The Labute approximate surface area is 130 Å². The van der Waals surface area contributed by atoms with Crippen LogP contribution in [0.1, 0.15) is 29.1 Å². The van der Waals surface area contributed by atoms with E-state index in [4.69, 9.17) is 0 Å². The molecular weight excluding hydrogens is 296 g/mol. The fourth-order valence-corrected chi connectivity index (χ4v) is 2.38. The molecule has 0 spiro atoms. The van der Waals surface area contributed by atoms with Crippen LogP contribution in [0.25, 0.3) is 11.3 Å². The molecule has 9 nitrogen and oxygen atoms in total. The van der Waals surface area contributed by atoms with Crippen molar-refractivity contribution in [3.63, 3.8) is 0 Å².